The molecule has 0 unspecified atom stereocenters. The fraction of sp³-hybridized carbons (Fsp3) is 0.360. The maximum Gasteiger partial charge on any atom is 0.131 e. The van der Waals surface area contributed by atoms with Gasteiger partial charge in [-0.1, -0.05) is 66.7 Å². The minimum atomic E-state index is -0.366. The molecule has 27 heavy (non-hydrogen) atoms. The molecule has 6 rings (SSSR count). The summed E-state index contributed by atoms with van der Waals surface area (Å²) >= 11 is 0. The minimum Gasteiger partial charge on any atom is -0.382 e. The zero-order chi connectivity index (χ0) is 18.3. The van der Waals surface area contributed by atoms with Gasteiger partial charge in [-0.2, -0.15) is 0 Å². The van der Waals surface area contributed by atoms with Crippen LogP contribution in [0.5, 0.6) is 0 Å². The van der Waals surface area contributed by atoms with Crippen LogP contribution in [0.4, 0.5) is 0 Å². The highest BCUT2D eigenvalue weighted by Crippen LogP contribution is 2.44. The quantitative estimate of drug-likeness (QED) is 0.646. The third-order valence-electron chi connectivity index (χ3n) is 7.06. The van der Waals surface area contributed by atoms with E-state index in [1.165, 1.54) is 42.3 Å². The van der Waals surface area contributed by atoms with Crippen molar-refractivity contribution in [1.29, 1.82) is 0 Å². The largest absolute Gasteiger partial charge is 0.382 e. The van der Waals surface area contributed by atoms with Crippen molar-refractivity contribution in [3.8, 4) is 0 Å². The maximum atomic E-state index is 11.3. The van der Waals surface area contributed by atoms with Gasteiger partial charge in [-0.15, -0.1) is 0 Å². The number of hydrogen-bond donors (Lipinski definition) is 1. The molecular weight excluding hydrogens is 330 g/mol. The van der Waals surface area contributed by atoms with E-state index in [1.807, 2.05) is 18.2 Å². The Balaban J connectivity index is 1.48. The lowest BCUT2D eigenvalue weighted by atomic mass is 9.77. The van der Waals surface area contributed by atoms with Gasteiger partial charge in [0.25, 0.3) is 0 Å². The molecule has 0 amide bonds. The summed E-state index contributed by atoms with van der Waals surface area (Å²) in [5.41, 5.74) is 2.48. The monoisotopic (exact) mass is 358 g/mol. The molecular formula is C25H28NO+. The van der Waals surface area contributed by atoms with Crippen molar-refractivity contribution < 1.29 is 9.59 Å². The third kappa shape index (κ3) is 3.07. The van der Waals surface area contributed by atoms with Gasteiger partial charge in [-0.05, 0) is 41.2 Å². The SMILES string of the molecule is O[C@@H](c1ccccc1)[C@H]1CC2CC[N+]1(Cc1ccc3ccccc3c1)CC2. The van der Waals surface area contributed by atoms with E-state index in [2.05, 4.69) is 54.6 Å². The van der Waals surface area contributed by atoms with Crippen molar-refractivity contribution in [2.75, 3.05) is 13.1 Å². The lowest BCUT2D eigenvalue weighted by Gasteiger charge is -2.55. The number of aliphatic hydroxyl groups is 1. The van der Waals surface area contributed by atoms with Crippen LogP contribution in [0.25, 0.3) is 10.8 Å². The molecule has 2 nitrogen and oxygen atoms in total. The fourth-order valence-electron chi connectivity index (χ4n) is 5.54. The Hall–Kier alpha value is -2.16. The van der Waals surface area contributed by atoms with E-state index >= 15 is 0 Å². The fourth-order valence-corrected chi connectivity index (χ4v) is 5.54. The van der Waals surface area contributed by atoms with E-state index in [0.29, 0.717) is 6.04 Å². The number of aliphatic hydroxyl groups excluding tert-OH is 1. The average Bonchev–Trinajstić information content (AvgIpc) is 2.74. The molecule has 0 aliphatic carbocycles. The van der Waals surface area contributed by atoms with Crippen LogP contribution in [0.15, 0.2) is 72.8 Å². The van der Waals surface area contributed by atoms with Crippen molar-refractivity contribution in [1.82, 2.24) is 0 Å². The standard InChI is InChI=1S/C25H28NO/c27-25(22-7-2-1-3-8-22)24-17-19-12-14-26(24,15-13-19)18-20-10-11-21-6-4-5-9-23(21)16-20/h1-11,16,19,24-25,27H,12-15,17-18H2/q+1/t19?,24-,25+,26?/m1/s1. The molecule has 1 N–H and O–H groups in total. The third-order valence-corrected chi connectivity index (χ3v) is 7.06. The van der Waals surface area contributed by atoms with Gasteiger partial charge < -0.3 is 9.59 Å². The summed E-state index contributed by atoms with van der Waals surface area (Å²) < 4.78 is 1.05. The maximum absolute atomic E-state index is 11.3. The smallest absolute Gasteiger partial charge is 0.131 e. The lowest BCUT2D eigenvalue weighted by molar-refractivity contribution is -0.981. The zero-order valence-electron chi connectivity index (χ0n) is 15.8. The second-order valence-electron chi connectivity index (χ2n) is 8.61. The Morgan fingerprint density at radius 3 is 2.33 bits per heavy atom. The second kappa shape index (κ2) is 6.78. The zero-order valence-corrected chi connectivity index (χ0v) is 15.8. The first-order valence-corrected chi connectivity index (χ1v) is 10.3. The van der Waals surface area contributed by atoms with Gasteiger partial charge >= 0.3 is 0 Å². The number of benzene rings is 3. The van der Waals surface area contributed by atoms with E-state index in [1.54, 1.807) is 0 Å². The van der Waals surface area contributed by atoms with Crippen LogP contribution in [-0.4, -0.2) is 28.7 Å². The molecule has 0 radical (unpaired) electrons. The number of quaternary nitrogens is 1. The second-order valence-corrected chi connectivity index (χ2v) is 8.61. The highest BCUT2D eigenvalue weighted by molar-refractivity contribution is 5.82. The first-order chi connectivity index (χ1) is 13.2. The predicted octanol–water partition coefficient (Wildman–Crippen LogP) is 5.07. The molecule has 3 aliphatic heterocycles. The first-order valence-electron chi connectivity index (χ1n) is 10.3. The topological polar surface area (TPSA) is 20.2 Å². The Kier molecular flexibility index (Phi) is 4.26. The molecule has 2 heteroatoms. The Bertz CT molecular complexity index is 927. The molecule has 0 spiro atoms. The summed E-state index contributed by atoms with van der Waals surface area (Å²) in [4.78, 5) is 0. The number of hydrogen-bond acceptors (Lipinski definition) is 1. The van der Waals surface area contributed by atoms with Gasteiger partial charge in [0.05, 0.1) is 13.1 Å². The Morgan fingerprint density at radius 1 is 0.852 bits per heavy atom. The van der Waals surface area contributed by atoms with Crippen LogP contribution in [0, 0.1) is 5.92 Å². The number of rotatable bonds is 4. The molecule has 3 aliphatic rings. The minimum absolute atomic E-state index is 0.311. The Morgan fingerprint density at radius 2 is 1.56 bits per heavy atom. The molecule has 3 fully saturated rings. The molecule has 0 saturated carbocycles. The summed E-state index contributed by atoms with van der Waals surface area (Å²) in [7, 11) is 0. The lowest BCUT2D eigenvalue weighted by Crippen LogP contribution is -2.65. The van der Waals surface area contributed by atoms with Crippen molar-refractivity contribution in [3.05, 3.63) is 83.9 Å². The molecule has 3 saturated heterocycles. The van der Waals surface area contributed by atoms with Crippen molar-refractivity contribution >= 4 is 10.8 Å². The van der Waals surface area contributed by atoms with Gasteiger partial charge in [-0.25, -0.2) is 0 Å². The van der Waals surface area contributed by atoms with E-state index in [4.69, 9.17) is 0 Å². The number of fused-ring (bicyclic) bond motifs is 4. The van der Waals surface area contributed by atoms with E-state index < -0.39 is 0 Å². The van der Waals surface area contributed by atoms with Crippen LogP contribution in [-0.2, 0) is 6.54 Å². The summed E-state index contributed by atoms with van der Waals surface area (Å²) in [5, 5.41) is 13.9. The van der Waals surface area contributed by atoms with Crippen LogP contribution in [0.3, 0.4) is 0 Å². The normalized spacial score (nSPS) is 28.3. The average molecular weight is 359 g/mol. The summed E-state index contributed by atoms with van der Waals surface area (Å²) in [5.74, 6) is 0.796. The van der Waals surface area contributed by atoms with Crippen molar-refractivity contribution in [3.63, 3.8) is 0 Å². The van der Waals surface area contributed by atoms with Crippen LogP contribution in [0.1, 0.15) is 36.5 Å². The molecule has 2 bridgehead atoms. The number of piperidine rings is 3. The van der Waals surface area contributed by atoms with Crippen molar-refractivity contribution in [2.24, 2.45) is 5.92 Å². The van der Waals surface area contributed by atoms with Crippen LogP contribution in [0.2, 0.25) is 0 Å². The molecule has 3 aromatic rings. The van der Waals surface area contributed by atoms with Gasteiger partial charge in [0, 0.05) is 12.0 Å². The predicted molar refractivity (Wildman–Crippen MR) is 110 cm³/mol. The van der Waals surface area contributed by atoms with E-state index in [9.17, 15) is 5.11 Å². The van der Waals surface area contributed by atoms with Gasteiger partial charge in [0.15, 0.2) is 0 Å². The summed E-state index contributed by atoms with van der Waals surface area (Å²) in [6.45, 7) is 3.43. The molecule has 3 aromatic carbocycles. The molecule has 0 aromatic heterocycles. The highest BCUT2D eigenvalue weighted by Gasteiger charge is 2.50. The van der Waals surface area contributed by atoms with Crippen LogP contribution >= 0.6 is 0 Å². The van der Waals surface area contributed by atoms with Crippen molar-refractivity contribution in [2.45, 2.75) is 38.0 Å². The van der Waals surface area contributed by atoms with E-state index in [0.717, 1.165) is 28.9 Å². The Labute approximate surface area is 161 Å². The van der Waals surface area contributed by atoms with Gasteiger partial charge in [0.1, 0.15) is 18.7 Å². The summed E-state index contributed by atoms with van der Waals surface area (Å²) in [6.07, 6.45) is 3.41. The van der Waals surface area contributed by atoms with Gasteiger partial charge in [0.2, 0.25) is 0 Å². The molecule has 138 valence electrons. The summed E-state index contributed by atoms with van der Waals surface area (Å²) in [6, 6.07) is 26.1. The molecule has 3 heterocycles. The van der Waals surface area contributed by atoms with Gasteiger partial charge in [-0.3, -0.25) is 0 Å². The number of nitrogens with zero attached hydrogens (tertiary/aromatic N) is 1. The van der Waals surface area contributed by atoms with Crippen LogP contribution < -0.4 is 0 Å². The van der Waals surface area contributed by atoms with E-state index in [-0.39, 0.29) is 6.10 Å². The highest BCUT2D eigenvalue weighted by atomic mass is 16.3. The molecule has 2 atom stereocenters. The first kappa shape index (κ1) is 17.0.